The highest BCUT2D eigenvalue weighted by Crippen LogP contribution is 2.31. The lowest BCUT2D eigenvalue weighted by molar-refractivity contribution is 0.112. The second-order valence-electron chi connectivity index (χ2n) is 5.30. The van der Waals surface area contributed by atoms with Gasteiger partial charge in [0.25, 0.3) is 0 Å². The van der Waals surface area contributed by atoms with E-state index in [4.69, 9.17) is 11.6 Å². The molecule has 1 atom stereocenters. The summed E-state index contributed by atoms with van der Waals surface area (Å²) in [6.07, 6.45) is 4.45. The second-order valence-corrected chi connectivity index (χ2v) is 5.66. The number of likely N-dealkylation sites (tertiary alicyclic amines) is 1. The number of nitrogens with one attached hydrogen (secondary N) is 1. The van der Waals surface area contributed by atoms with Gasteiger partial charge in [-0.25, -0.2) is 9.97 Å². The van der Waals surface area contributed by atoms with Gasteiger partial charge in [-0.15, -0.1) is 0 Å². The van der Waals surface area contributed by atoms with Crippen LogP contribution in [0.25, 0.3) is 0 Å². The van der Waals surface area contributed by atoms with Crippen molar-refractivity contribution in [2.45, 2.75) is 38.3 Å². The van der Waals surface area contributed by atoms with Gasteiger partial charge in [-0.3, -0.25) is 9.69 Å². The van der Waals surface area contributed by atoms with Crippen LogP contribution in [-0.4, -0.2) is 46.3 Å². The van der Waals surface area contributed by atoms with Crippen LogP contribution >= 0.6 is 11.6 Å². The molecule has 0 spiro atoms. The Morgan fingerprint density at radius 2 is 2.16 bits per heavy atom. The molecule has 1 saturated carbocycles. The lowest BCUT2D eigenvalue weighted by Gasteiger charge is -2.17. The molecule has 1 aromatic heterocycles. The van der Waals surface area contributed by atoms with Gasteiger partial charge in [-0.1, -0.05) is 11.6 Å². The Bertz CT molecular complexity index is 504. The Hall–Kier alpha value is -1.20. The lowest BCUT2D eigenvalue weighted by atomic mass is 10.2. The molecule has 1 aliphatic heterocycles. The number of carbonyl (C=O) groups excluding carboxylic acids is 1. The molecule has 5 nitrogen and oxygen atoms in total. The fraction of sp³-hybridized carbons (Fsp3) is 0.615. The van der Waals surface area contributed by atoms with E-state index >= 15 is 0 Å². The average Bonchev–Trinajstić information content (AvgIpc) is 3.10. The van der Waals surface area contributed by atoms with Gasteiger partial charge in [-0.2, -0.15) is 0 Å². The molecule has 19 heavy (non-hydrogen) atoms. The largest absolute Gasteiger partial charge is 0.365 e. The minimum absolute atomic E-state index is 0.224. The van der Waals surface area contributed by atoms with Crippen LogP contribution in [-0.2, 0) is 0 Å². The van der Waals surface area contributed by atoms with Crippen LogP contribution in [0.1, 0.15) is 35.4 Å². The van der Waals surface area contributed by atoms with E-state index in [1.54, 1.807) is 6.92 Å². The Morgan fingerprint density at radius 1 is 1.37 bits per heavy atom. The monoisotopic (exact) mass is 280 g/mol. The third kappa shape index (κ3) is 2.72. The quantitative estimate of drug-likeness (QED) is 0.674. The Morgan fingerprint density at radius 3 is 2.84 bits per heavy atom. The van der Waals surface area contributed by atoms with Crippen LogP contribution < -0.4 is 5.32 Å². The van der Waals surface area contributed by atoms with Crippen molar-refractivity contribution < 1.29 is 4.79 Å². The molecule has 1 N–H and O–H groups in total. The van der Waals surface area contributed by atoms with Crippen molar-refractivity contribution in [3.05, 3.63) is 16.5 Å². The van der Waals surface area contributed by atoms with Gasteiger partial charge >= 0.3 is 0 Å². The van der Waals surface area contributed by atoms with E-state index in [1.807, 2.05) is 0 Å². The summed E-state index contributed by atoms with van der Waals surface area (Å²) in [5, 5.41) is 3.57. The minimum Gasteiger partial charge on any atom is -0.365 e. The van der Waals surface area contributed by atoms with Gasteiger partial charge in [-0.05, 0) is 26.2 Å². The number of aryl methyl sites for hydroxylation is 1. The van der Waals surface area contributed by atoms with Crippen LogP contribution in [0, 0.1) is 6.92 Å². The third-order valence-electron chi connectivity index (χ3n) is 3.75. The highest BCUT2D eigenvalue weighted by atomic mass is 35.5. The molecule has 0 aromatic carbocycles. The number of carbonyl (C=O) groups is 1. The van der Waals surface area contributed by atoms with Gasteiger partial charge in [0.05, 0.1) is 5.56 Å². The van der Waals surface area contributed by atoms with Gasteiger partial charge in [0, 0.05) is 25.2 Å². The van der Waals surface area contributed by atoms with E-state index in [0.29, 0.717) is 23.2 Å². The molecule has 2 aliphatic rings. The average molecular weight is 281 g/mol. The molecular formula is C13H17ClN4O. The summed E-state index contributed by atoms with van der Waals surface area (Å²) in [5.41, 5.74) is 0.358. The van der Waals surface area contributed by atoms with Crippen molar-refractivity contribution in [1.29, 1.82) is 0 Å². The first-order valence-corrected chi connectivity index (χ1v) is 7.05. The van der Waals surface area contributed by atoms with Crippen LogP contribution in [0.2, 0.25) is 5.15 Å². The molecule has 6 heteroatoms. The molecule has 1 aromatic rings. The minimum atomic E-state index is 0.224. The van der Waals surface area contributed by atoms with Crippen LogP contribution in [0.3, 0.4) is 0 Å². The molecule has 2 heterocycles. The molecule has 2 fully saturated rings. The van der Waals surface area contributed by atoms with Gasteiger partial charge in [0.2, 0.25) is 0 Å². The number of hydrogen-bond donors (Lipinski definition) is 1. The normalized spacial score (nSPS) is 23.6. The maximum Gasteiger partial charge on any atom is 0.156 e. The van der Waals surface area contributed by atoms with Crippen molar-refractivity contribution in [1.82, 2.24) is 14.9 Å². The molecular weight excluding hydrogens is 264 g/mol. The SMILES string of the molecule is Cc1nc(Cl)c(C=O)c(NC2CCN(C3CC3)C2)n1. The van der Waals surface area contributed by atoms with E-state index in [2.05, 4.69) is 20.2 Å². The fourth-order valence-electron chi connectivity index (χ4n) is 2.63. The van der Waals surface area contributed by atoms with Gasteiger partial charge < -0.3 is 5.32 Å². The van der Waals surface area contributed by atoms with Crippen LogP contribution in [0.5, 0.6) is 0 Å². The first-order valence-electron chi connectivity index (χ1n) is 6.67. The van der Waals surface area contributed by atoms with Crippen molar-refractivity contribution in [3.8, 4) is 0 Å². The van der Waals surface area contributed by atoms with E-state index in [-0.39, 0.29) is 5.15 Å². The highest BCUT2D eigenvalue weighted by Gasteiger charge is 2.34. The van der Waals surface area contributed by atoms with E-state index in [9.17, 15) is 4.79 Å². The number of nitrogens with zero attached hydrogens (tertiary/aromatic N) is 3. The summed E-state index contributed by atoms with van der Waals surface area (Å²) >= 11 is 5.98. The summed E-state index contributed by atoms with van der Waals surface area (Å²) < 4.78 is 0. The zero-order valence-corrected chi connectivity index (χ0v) is 11.7. The second kappa shape index (κ2) is 5.06. The Kier molecular flexibility index (Phi) is 3.41. The standard InChI is InChI=1S/C13H17ClN4O/c1-8-15-12(14)11(7-19)13(16-8)17-9-4-5-18(6-9)10-2-3-10/h7,9-10H,2-6H2,1H3,(H,15,16,17). The van der Waals surface area contributed by atoms with Crippen LogP contribution in [0.4, 0.5) is 5.82 Å². The van der Waals surface area contributed by atoms with Gasteiger partial charge in [0.15, 0.2) is 6.29 Å². The third-order valence-corrected chi connectivity index (χ3v) is 4.04. The smallest absolute Gasteiger partial charge is 0.156 e. The molecule has 0 amide bonds. The number of hydrogen-bond acceptors (Lipinski definition) is 5. The van der Waals surface area contributed by atoms with E-state index in [1.165, 1.54) is 12.8 Å². The number of aromatic nitrogens is 2. The number of anilines is 1. The summed E-state index contributed by atoms with van der Waals surface area (Å²) in [7, 11) is 0. The first-order chi connectivity index (χ1) is 9.17. The molecule has 3 rings (SSSR count). The first kappa shape index (κ1) is 12.8. The number of rotatable bonds is 4. The Balaban J connectivity index is 1.74. The molecule has 1 unspecified atom stereocenters. The van der Waals surface area contributed by atoms with Crippen molar-refractivity contribution in [2.24, 2.45) is 0 Å². The Labute approximate surface area is 117 Å². The maximum atomic E-state index is 11.1. The lowest BCUT2D eigenvalue weighted by Crippen LogP contribution is -2.28. The molecule has 0 radical (unpaired) electrons. The van der Waals surface area contributed by atoms with Gasteiger partial charge in [0.1, 0.15) is 16.8 Å². The molecule has 102 valence electrons. The van der Waals surface area contributed by atoms with Crippen LogP contribution in [0.15, 0.2) is 0 Å². The summed E-state index contributed by atoms with van der Waals surface area (Å²) in [4.78, 5) is 21.9. The summed E-state index contributed by atoms with van der Waals surface area (Å²) in [5.74, 6) is 1.14. The zero-order valence-electron chi connectivity index (χ0n) is 10.9. The zero-order chi connectivity index (χ0) is 13.4. The topological polar surface area (TPSA) is 58.1 Å². The van der Waals surface area contributed by atoms with E-state index in [0.717, 1.165) is 31.8 Å². The molecule has 1 aliphatic carbocycles. The predicted molar refractivity (Wildman–Crippen MR) is 73.8 cm³/mol. The van der Waals surface area contributed by atoms with Crippen molar-refractivity contribution >= 4 is 23.7 Å². The highest BCUT2D eigenvalue weighted by molar-refractivity contribution is 6.32. The van der Waals surface area contributed by atoms with E-state index < -0.39 is 0 Å². The number of aldehydes is 1. The van der Waals surface area contributed by atoms with Crippen molar-refractivity contribution in [2.75, 3.05) is 18.4 Å². The molecule has 0 bridgehead atoms. The fourth-order valence-corrected chi connectivity index (χ4v) is 2.89. The number of halogens is 1. The van der Waals surface area contributed by atoms with Crippen molar-refractivity contribution in [3.63, 3.8) is 0 Å². The summed E-state index contributed by atoms with van der Waals surface area (Å²) in [6.45, 7) is 3.91. The summed E-state index contributed by atoms with van der Waals surface area (Å²) in [6, 6.07) is 1.12. The predicted octanol–water partition coefficient (Wildman–Crippen LogP) is 1.90. The maximum absolute atomic E-state index is 11.1. The molecule has 1 saturated heterocycles.